The Bertz CT molecular complexity index is 125. The molecule has 1 aliphatic carbocycles. The highest BCUT2D eigenvalue weighted by molar-refractivity contribution is 4.78. The van der Waals surface area contributed by atoms with Crippen molar-refractivity contribution in [2.45, 2.75) is 58.9 Å². The minimum atomic E-state index is 0.744. The van der Waals surface area contributed by atoms with Crippen LogP contribution in [0.25, 0.3) is 0 Å². The van der Waals surface area contributed by atoms with Gasteiger partial charge in [-0.15, -0.1) is 0 Å². The summed E-state index contributed by atoms with van der Waals surface area (Å²) in [6, 6.07) is 0.744. The van der Waals surface area contributed by atoms with Crippen molar-refractivity contribution in [3.05, 3.63) is 0 Å². The van der Waals surface area contributed by atoms with Gasteiger partial charge in [-0.2, -0.15) is 0 Å². The van der Waals surface area contributed by atoms with Gasteiger partial charge in [0.1, 0.15) is 0 Å². The van der Waals surface area contributed by atoms with E-state index in [0.717, 1.165) is 17.9 Å². The molecular formula is C12H25N. The van der Waals surface area contributed by atoms with E-state index in [1.54, 1.807) is 0 Å². The quantitative estimate of drug-likeness (QED) is 0.639. The van der Waals surface area contributed by atoms with E-state index in [4.69, 9.17) is 0 Å². The molecule has 1 heteroatoms. The Kier molecular flexibility index (Phi) is 4.79. The van der Waals surface area contributed by atoms with Gasteiger partial charge in [-0.25, -0.2) is 0 Å². The second-order valence-corrected chi connectivity index (χ2v) is 4.67. The predicted molar refractivity (Wildman–Crippen MR) is 58.9 cm³/mol. The molecule has 13 heavy (non-hydrogen) atoms. The van der Waals surface area contributed by atoms with E-state index in [9.17, 15) is 0 Å². The number of nitrogens with one attached hydrogen (secondary N) is 1. The van der Waals surface area contributed by atoms with E-state index in [1.165, 1.54) is 38.6 Å². The van der Waals surface area contributed by atoms with Crippen LogP contribution in [0, 0.1) is 11.8 Å². The van der Waals surface area contributed by atoms with Crippen LogP contribution in [0.5, 0.6) is 0 Å². The van der Waals surface area contributed by atoms with Gasteiger partial charge in [0.25, 0.3) is 0 Å². The normalized spacial score (nSPS) is 19.4. The standard InChI is InChI=1S/C12H25N/c1-4-11(5-2)9-13-10(3)8-12-6-7-12/h10-13H,4-9H2,1-3H3. The first-order valence-electron chi connectivity index (χ1n) is 5.99. The Hall–Kier alpha value is -0.0400. The van der Waals surface area contributed by atoms with E-state index in [2.05, 4.69) is 26.1 Å². The smallest absolute Gasteiger partial charge is 0.00414 e. The largest absolute Gasteiger partial charge is 0.314 e. The summed E-state index contributed by atoms with van der Waals surface area (Å²) in [5, 5.41) is 3.66. The number of rotatable bonds is 7. The second-order valence-electron chi connectivity index (χ2n) is 4.67. The van der Waals surface area contributed by atoms with Gasteiger partial charge in [-0.1, -0.05) is 39.5 Å². The molecule has 0 aromatic carbocycles. The molecule has 1 saturated carbocycles. The van der Waals surface area contributed by atoms with Gasteiger partial charge in [0.15, 0.2) is 0 Å². The van der Waals surface area contributed by atoms with Crippen molar-refractivity contribution in [3.8, 4) is 0 Å². The highest BCUT2D eigenvalue weighted by atomic mass is 14.9. The van der Waals surface area contributed by atoms with Crippen LogP contribution < -0.4 is 5.32 Å². The fourth-order valence-corrected chi connectivity index (χ4v) is 1.88. The Morgan fingerprint density at radius 3 is 2.31 bits per heavy atom. The molecule has 0 aliphatic heterocycles. The molecule has 1 fully saturated rings. The molecule has 0 heterocycles. The SMILES string of the molecule is CCC(CC)CNC(C)CC1CC1. The number of hydrogen-bond donors (Lipinski definition) is 1. The summed E-state index contributed by atoms with van der Waals surface area (Å²) < 4.78 is 0. The van der Waals surface area contributed by atoms with Crippen molar-refractivity contribution in [3.63, 3.8) is 0 Å². The second kappa shape index (κ2) is 5.64. The molecule has 0 saturated heterocycles. The van der Waals surface area contributed by atoms with Crippen LogP contribution in [0.4, 0.5) is 0 Å². The summed E-state index contributed by atoms with van der Waals surface area (Å²) in [5.74, 6) is 1.95. The average molecular weight is 183 g/mol. The van der Waals surface area contributed by atoms with E-state index in [-0.39, 0.29) is 0 Å². The van der Waals surface area contributed by atoms with Crippen molar-refractivity contribution in [1.29, 1.82) is 0 Å². The van der Waals surface area contributed by atoms with Crippen LogP contribution in [0.15, 0.2) is 0 Å². The third-order valence-corrected chi connectivity index (χ3v) is 3.29. The molecule has 0 bridgehead atoms. The van der Waals surface area contributed by atoms with Gasteiger partial charge >= 0.3 is 0 Å². The Labute approximate surface area is 83.3 Å². The first-order chi connectivity index (χ1) is 6.26. The zero-order chi connectivity index (χ0) is 9.68. The van der Waals surface area contributed by atoms with Crippen LogP contribution in [-0.2, 0) is 0 Å². The summed E-state index contributed by atoms with van der Waals surface area (Å²) in [4.78, 5) is 0. The summed E-state index contributed by atoms with van der Waals surface area (Å²) >= 11 is 0. The van der Waals surface area contributed by atoms with Gasteiger partial charge in [0.2, 0.25) is 0 Å². The molecule has 1 aliphatic rings. The average Bonchev–Trinajstić information content (AvgIpc) is 2.90. The van der Waals surface area contributed by atoms with Crippen LogP contribution in [-0.4, -0.2) is 12.6 Å². The maximum atomic E-state index is 3.66. The van der Waals surface area contributed by atoms with E-state index >= 15 is 0 Å². The lowest BCUT2D eigenvalue weighted by Crippen LogP contribution is -2.31. The minimum absolute atomic E-state index is 0.744. The van der Waals surface area contributed by atoms with E-state index < -0.39 is 0 Å². The van der Waals surface area contributed by atoms with Crippen molar-refractivity contribution in [1.82, 2.24) is 5.32 Å². The third-order valence-electron chi connectivity index (χ3n) is 3.29. The van der Waals surface area contributed by atoms with Gasteiger partial charge in [0, 0.05) is 6.04 Å². The topological polar surface area (TPSA) is 12.0 Å². The lowest BCUT2D eigenvalue weighted by atomic mass is 10.0. The van der Waals surface area contributed by atoms with Crippen LogP contribution in [0.2, 0.25) is 0 Å². The molecule has 0 spiro atoms. The van der Waals surface area contributed by atoms with E-state index in [1.807, 2.05) is 0 Å². The van der Waals surface area contributed by atoms with E-state index in [0.29, 0.717) is 0 Å². The first kappa shape index (κ1) is 11.0. The Balaban J connectivity index is 2.01. The summed E-state index contributed by atoms with van der Waals surface area (Å²) in [6.45, 7) is 8.14. The van der Waals surface area contributed by atoms with Crippen LogP contribution in [0.1, 0.15) is 52.9 Å². The summed E-state index contributed by atoms with van der Waals surface area (Å²) in [7, 11) is 0. The fourth-order valence-electron chi connectivity index (χ4n) is 1.88. The zero-order valence-electron chi connectivity index (χ0n) is 9.47. The third kappa shape index (κ3) is 4.66. The van der Waals surface area contributed by atoms with Crippen LogP contribution >= 0.6 is 0 Å². The molecular weight excluding hydrogens is 158 g/mol. The molecule has 0 amide bonds. The molecule has 0 aromatic heterocycles. The van der Waals surface area contributed by atoms with Crippen molar-refractivity contribution in [2.75, 3.05) is 6.54 Å². The molecule has 1 unspecified atom stereocenters. The Morgan fingerprint density at radius 2 is 1.85 bits per heavy atom. The van der Waals surface area contributed by atoms with Crippen molar-refractivity contribution >= 4 is 0 Å². The number of hydrogen-bond acceptors (Lipinski definition) is 1. The van der Waals surface area contributed by atoms with Crippen molar-refractivity contribution < 1.29 is 0 Å². The molecule has 1 nitrogen and oxygen atoms in total. The highest BCUT2D eigenvalue weighted by Crippen LogP contribution is 2.33. The van der Waals surface area contributed by atoms with Gasteiger partial charge in [0.05, 0.1) is 0 Å². The molecule has 0 aromatic rings. The minimum Gasteiger partial charge on any atom is -0.314 e. The maximum absolute atomic E-state index is 3.66. The monoisotopic (exact) mass is 183 g/mol. The molecule has 1 N–H and O–H groups in total. The molecule has 0 radical (unpaired) electrons. The van der Waals surface area contributed by atoms with Gasteiger partial charge < -0.3 is 5.32 Å². The molecule has 78 valence electrons. The van der Waals surface area contributed by atoms with Crippen molar-refractivity contribution in [2.24, 2.45) is 11.8 Å². The maximum Gasteiger partial charge on any atom is 0.00414 e. The molecule has 1 rings (SSSR count). The van der Waals surface area contributed by atoms with Gasteiger partial charge in [-0.3, -0.25) is 0 Å². The lowest BCUT2D eigenvalue weighted by molar-refractivity contribution is 0.399. The predicted octanol–water partition coefficient (Wildman–Crippen LogP) is 3.20. The highest BCUT2D eigenvalue weighted by Gasteiger charge is 2.23. The summed E-state index contributed by atoms with van der Waals surface area (Å²) in [6.07, 6.45) is 7.01. The molecule has 1 atom stereocenters. The van der Waals surface area contributed by atoms with Gasteiger partial charge in [-0.05, 0) is 31.7 Å². The lowest BCUT2D eigenvalue weighted by Gasteiger charge is -2.18. The zero-order valence-corrected chi connectivity index (χ0v) is 9.47. The van der Waals surface area contributed by atoms with Crippen LogP contribution in [0.3, 0.4) is 0 Å². The fraction of sp³-hybridized carbons (Fsp3) is 1.00. The summed E-state index contributed by atoms with van der Waals surface area (Å²) in [5.41, 5.74) is 0. The first-order valence-corrected chi connectivity index (χ1v) is 5.99. The Morgan fingerprint density at radius 1 is 1.23 bits per heavy atom.